The van der Waals surface area contributed by atoms with Gasteiger partial charge in [-0.1, -0.05) is 24.1 Å². The second-order valence-electron chi connectivity index (χ2n) is 10.4. The summed E-state index contributed by atoms with van der Waals surface area (Å²) in [6, 6.07) is 12.9. The van der Waals surface area contributed by atoms with Crippen molar-refractivity contribution in [2.75, 3.05) is 7.11 Å². The molecule has 39 heavy (non-hydrogen) atoms. The fourth-order valence-corrected chi connectivity index (χ4v) is 5.89. The molecule has 6 rings (SSSR count). The molecule has 1 atom stereocenters. The van der Waals surface area contributed by atoms with Crippen LogP contribution in [0.25, 0.3) is 22.3 Å². The molecule has 2 aliphatic rings. The van der Waals surface area contributed by atoms with Crippen molar-refractivity contribution < 1.29 is 24.2 Å². The van der Waals surface area contributed by atoms with Gasteiger partial charge in [-0.25, -0.2) is 4.98 Å². The Kier molecular flexibility index (Phi) is 5.69. The number of nitrogens with zero attached hydrogens (tertiary/aromatic N) is 2. The lowest BCUT2D eigenvalue weighted by molar-refractivity contribution is -0.149. The summed E-state index contributed by atoms with van der Waals surface area (Å²) < 4.78 is 12.3. The van der Waals surface area contributed by atoms with Gasteiger partial charge in [0.15, 0.2) is 5.78 Å². The first-order valence-corrected chi connectivity index (χ1v) is 12.9. The van der Waals surface area contributed by atoms with Gasteiger partial charge in [0, 0.05) is 22.1 Å². The molecule has 0 saturated carbocycles. The van der Waals surface area contributed by atoms with Gasteiger partial charge in [-0.15, -0.1) is 0 Å². The van der Waals surface area contributed by atoms with Gasteiger partial charge in [0.2, 0.25) is 0 Å². The van der Waals surface area contributed by atoms with Crippen LogP contribution >= 0.6 is 0 Å². The number of fused-ring (bicyclic) bond motifs is 5. The Labute approximate surface area is 224 Å². The second-order valence-corrected chi connectivity index (χ2v) is 10.4. The predicted molar refractivity (Wildman–Crippen MR) is 145 cm³/mol. The fourth-order valence-electron chi connectivity index (χ4n) is 5.89. The monoisotopic (exact) mass is 524 g/mol. The quantitative estimate of drug-likeness (QED) is 0.275. The highest BCUT2D eigenvalue weighted by molar-refractivity contribution is 6.18. The van der Waals surface area contributed by atoms with E-state index in [1.54, 1.807) is 42.9 Å². The SMILES string of the molecule is CCC1(O)CC(=O)OCc2c1cc1n(c2=O)Cc2c-1nc1ccc(OC)cc1c2C(=O)c1cc(C)cc(C)c1. The van der Waals surface area contributed by atoms with Crippen molar-refractivity contribution in [2.24, 2.45) is 0 Å². The number of ether oxygens (including phenoxy) is 2. The van der Waals surface area contributed by atoms with Crippen LogP contribution in [-0.2, 0) is 28.3 Å². The molecule has 198 valence electrons. The van der Waals surface area contributed by atoms with Crippen molar-refractivity contribution in [1.82, 2.24) is 9.55 Å². The molecule has 0 spiro atoms. The molecule has 2 aromatic heterocycles. The number of rotatable bonds is 4. The first-order valence-electron chi connectivity index (χ1n) is 12.9. The van der Waals surface area contributed by atoms with Crippen LogP contribution < -0.4 is 10.3 Å². The van der Waals surface area contributed by atoms with E-state index in [0.717, 1.165) is 11.1 Å². The Morgan fingerprint density at radius 2 is 1.85 bits per heavy atom. The summed E-state index contributed by atoms with van der Waals surface area (Å²) in [5.74, 6) is -0.132. The van der Waals surface area contributed by atoms with E-state index in [4.69, 9.17) is 14.5 Å². The molecule has 8 heteroatoms. The number of aryl methyl sites for hydroxylation is 2. The van der Waals surface area contributed by atoms with E-state index >= 15 is 0 Å². The summed E-state index contributed by atoms with van der Waals surface area (Å²) in [4.78, 5) is 45.1. The third-order valence-corrected chi connectivity index (χ3v) is 7.86. The molecule has 0 amide bonds. The smallest absolute Gasteiger partial charge is 0.309 e. The largest absolute Gasteiger partial charge is 0.497 e. The van der Waals surface area contributed by atoms with Crippen molar-refractivity contribution in [3.05, 3.63) is 91.8 Å². The maximum Gasteiger partial charge on any atom is 0.309 e. The van der Waals surface area contributed by atoms with Crippen LogP contribution in [-0.4, -0.2) is 33.5 Å². The highest BCUT2D eigenvalue weighted by Gasteiger charge is 2.40. The fraction of sp³-hybridized carbons (Fsp3) is 0.290. The number of methoxy groups -OCH3 is 1. The van der Waals surface area contributed by atoms with Crippen LogP contribution in [0.2, 0.25) is 0 Å². The third kappa shape index (κ3) is 3.86. The van der Waals surface area contributed by atoms with Gasteiger partial charge in [-0.05, 0) is 62.2 Å². The van der Waals surface area contributed by atoms with E-state index in [9.17, 15) is 19.5 Å². The highest BCUT2D eigenvalue weighted by atomic mass is 16.5. The highest BCUT2D eigenvalue weighted by Crippen LogP contribution is 2.41. The lowest BCUT2D eigenvalue weighted by atomic mass is 9.85. The lowest BCUT2D eigenvalue weighted by Gasteiger charge is -2.26. The molecular formula is C31H28N2O6. The zero-order valence-electron chi connectivity index (χ0n) is 22.3. The van der Waals surface area contributed by atoms with E-state index in [2.05, 4.69) is 0 Å². The van der Waals surface area contributed by atoms with Crippen LogP contribution in [0.15, 0.2) is 47.3 Å². The van der Waals surface area contributed by atoms with Gasteiger partial charge in [-0.2, -0.15) is 0 Å². The Balaban J connectivity index is 1.65. The van der Waals surface area contributed by atoms with Crippen LogP contribution in [0.1, 0.15) is 63.5 Å². The second kappa shape index (κ2) is 8.88. The molecule has 2 aliphatic heterocycles. The number of pyridine rings is 2. The van der Waals surface area contributed by atoms with Crippen molar-refractivity contribution in [3.63, 3.8) is 0 Å². The summed E-state index contributed by atoms with van der Waals surface area (Å²) >= 11 is 0. The average molecular weight is 525 g/mol. The number of cyclic esters (lactones) is 1. The Hall–Kier alpha value is -4.30. The molecular weight excluding hydrogens is 496 g/mol. The summed E-state index contributed by atoms with van der Waals surface area (Å²) in [5.41, 5.74) is 3.91. The number of hydrogen-bond acceptors (Lipinski definition) is 7. The van der Waals surface area contributed by atoms with E-state index < -0.39 is 11.6 Å². The maximum absolute atomic E-state index is 14.2. The van der Waals surface area contributed by atoms with E-state index in [-0.39, 0.29) is 42.9 Å². The number of aromatic nitrogens is 2. The van der Waals surface area contributed by atoms with Crippen molar-refractivity contribution in [1.29, 1.82) is 0 Å². The van der Waals surface area contributed by atoms with Crippen LogP contribution in [0.5, 0.6) is 5.75 Å². The number of aliphatic hydroxyl groups is 1. The van der Waals surface area contributed by atoms with Gasteiger partial charge in [0.1, 0.15) is 18.0 Å². The van der Waals surface area contributed by atoms with Gasteiger partial charge in [0.25, 0.3) is 5.56 Å². The topological polar surface area (TPSA) is 108 Å². The average Bonchev–Trinajstić information content (AvgIpc) is 3.21. The molecule has 0 fully saturated rings. The minimum Gasteiger partial charge on any atom is -0.497 e. The zero-order chi connectivity index (χ0) is 27.6. The third-order valence-electron chi connectivity index (χ3n) is 7.86. The number of carbonyl (C=O) groups is 2. The number of benzene rings is 2. The lowest BCUT2D eigenvalue weighted by Crippen LogP contribution is -2.32. The van der Waals surface area contributed by atoms with Crippen molar-refractivity contribution >= 4 is 22.7 Å². The first kappa shape index (κ1) is 25.0. The van der Waals surface area contributed by atoms with Gasteiger partial charge >= 0.3 is 5.97 Å². The standard InChI is InChI=1S/C31H28N2O6/c1-5-31(37)13-26(34)39-15-22-23(31)12-25-28-21(14-33(25)30(22)36)27(20-11-19(38-4)6-7-24(20)32-28)29(35)18-9-16(2)8-17(3)10-18/h6-12,37H,5,13-15H2,1-4H3. The first-order chi connectivity index (χ1) is 18.6. The molecule has 4 heterocycles. The zero-order valence-corrected chi connectivity index (χ0v) is 22.3. The van der Waals surface area contributed by atoms with Crippen LogP contribution in [0, 0.1) is 13.8 Å². The molecule has 0 bridgehead atoms. The number of ketones is 1. The molecule has 0 radical (unpaired) electrons. The van der Waals surface area contributed by atoms with E-state index in [0.29, 0.717) is 50.3 Å². The van der Waals surface area contributed by atoms with E-state index in [1.807, 2.05) is 32.0 Å². The van der Waals surface area contributed by atoms with Crippen molar-refractivity contribution in [3.8, 4) is 17.1 Å². The minimum atomic E-state index is -1.54. The van der Waals surface area contributed by atoms with Crippen molar-refractivity contribution in [2.45, 2.75) is 52.4 Å². The predicted octanol–water partition coefficient (Wildman–Crippen LogP) is 4.33. The summed E-state index contributed by atoms with van der Waals surface area (Å²) in [6.07, 6.45) is -0.0140. The molecule has 4 aromatic rings. The summed E-state index contributed by atoms with van der Waals surface area (Å²) in [7, 11) is 1.57. The van der Waals surface area contributed by atoms with Gasteiger partial charge in [-0.3, -0.25) is 14.4 Å². The Morgan fingerprint density at radius 1 is 1.10 bits per heavy atom. The molecule has 0 saturated heterocycles. The summed E-state index contributed by atoms with van der Waals surface area (Å²) in [5, 5.41) is 12.1. The molecule has 2 aromatic carbocycles. The van der Waals surface area contributed by atoms with Crippen LogP contribution in [0.3, 0.4) is 0 Å². The number of hydrogen-bond donors (Lipinski definition) is 1. The molecule has 8 nitrogen and oxygen atoms in total. The number of esters is 1. The van der Waals surface area contributed by atoms with Gasteiger partial charge in [0.05, 0.1) is 42.5 Å². The molecule has 1 unspecified atom stereocenters. The normalized spacial score (nSPS) is 17.7. The molecule has 1 N–H and O–H groups in total. The Morgan fingerprint density at radius 3 is 2.54 bits per heavy atom. The molecule has 0 aliphatic carbocycles. The Bertz CT molecular complexity index is 1770. The van der Waals surface area contributed by atoms with Gasteiger partial charge < -0.3 is 19.1 Å². The van der Waals surface area contributed by atoms with Crippen LogP contribution in [0.4, 0.5) is 0 Å². The maximum atomic E-state index is 14.2. The minimum absolute atomic E-state index is 0.126. The number of carbonyl (C=O) groups excluding carboxylic acids is 2. The van der Waals surface area contributed by atoms with E-state index in [1.165, 1.54) is 0 Å². The summed E-state index contributed by atoms with van der Waals surface area (Å²) in [6.45, 7) is 5.58.